The third-order valence-electron chi connectivity index (χ3n) is 5.19. The van der Waals surface area contributed by atoms with Crippen LogP contribution in [0.2, 0.25) is 5.02 Å². The summed E-state index contributed by atoms with van der Waals surface area (Å²) in [6.45, 7) is 3.32. The number of hydrogen-bond acceptors (Lipinski definition) is 5. The zero-order chi connectivity index (χ0) is 21.5. The van der Waals surface area contributed by atoms with Gasteiger partial charge in [-0.2, -0.15) is 0 Å². The fraction of sp³-hybridized carbons (Fsp3) is 0.364. The molecule has 0 unspecified atom stereocenters. The second-order valence-corrected chi connectivity index (χ2v) is 7.69. The van der Waals surface area contributed by atoms with Crippen molar-refractivity contribution in [3.05, 3.63) is 53.6 Å². The normalized spacial score (nSPS) is 15.5. The van der Waals surface area contributed by atoms with Crippen LogP contribution in [-0.2, 0) is 9.59 Å². The Kier molecular flexibility index (Phi) is 7.54. The monoisotopic (exact) mass is 431 g/mol. The second-order valence-electron chi connectivity index (χ2n) is 7.25. The summed E-state index contributed by atoms with van der Waals surface area (Å²) >= 11 is 5.84. The maximum absolute atomic E-state index is 12.3. The van der Waals surface area contributed by atoms with Gasteiger partial charge in [0, 0.05) is 49.9 Å². The Morgan fingerprint density at radius 2 is 1.77 bits per heavy atom. The van der Waals surface area contributed by atoms with Crippen LogP contribution in [0.3, 0.4) is 0 Å². The number of nitrogens with one attached hydrogen (secondary N) is 1. The molecule has 1 fully saturated rings. The van der Waals surface area contributed by atoms with Gasteiger partial charge in [-0.25, -0.2) is 0 Å². The van der Waals surface area contributed by atoms with Gasteiger partial charge in [-0.1, -0.05) is 23.7 Å². The zero-order valence-corrected chi connectivity index (χ0v) is 17.6. The predicted molar refractivity (Wildman–Crippen MR) is 117 cm³/mol. The van der Waals surface area contributed by atoms with Crippen LogP contribution in [-0.4, -0.2) is 61.7 Å². The topological polar surface area (TPSA) is 82.1 Å². The van der Waals surface area contributed by atoms with Crippen molar-refractivity contribution in [3.8, 4) is 5.75 Å². The molecule has 2 N–H and O–H groups in total. The minimum absolute atomic E-state index is 0.0787. The number of carboxylic acids is 1. The van der Waals surface area contributed by atoms with E-state index in [1.165, 1.54) is 0 Å². The van der Waals surface area contributed by atoms with Crippen LogP contribution in [0, 0.1) is 5.92 Å². The van der Waals surface area contributed by atoms with Crippen molar-refractivity contribution in [1.29, 1.82) is 0 Å². The Morgan fingerprint density at radius 1 is 1.10 bits per heavy atom. The van der Waals surface area contributed by atoms with E-state index in [1.807, 2.05) is 24.3 Å². The molecule has 1 heterocycles. The number of rotatable bonds is 8. The third-order valence-corrected chi connectivity index (χ3v) is 5.44. The molecule has 0 aliphatic carbocycles. The van der Waals surface area contributed by atoms with Gasteiger partial charge in [-0.15, -0.1) is 0 Å². The summed E-state index contributed by atoms with van der Waals surface area (Å²) in [5, 5.41) is 12.9. The van der Waals surface area contributed by atoms with Gasteiger partial charge in [0.25, 0.3) is 0 Å². The molecule has 1 saturated heterocycles. The molecule has 8 heteroatoms. The van der Waals surface area contributed by atoms with Crippen LogP contribution >= 0.6 is 11.6 Å². The third kappa shape index (κ3) is 5.87. The van der Waals surface area contributed by atoms with Crippen molar-refractivity contribution in [2.45, 2.75) is 6.42 Å². The van der Waals surface area contributed by atoms with Crippen molar-refractivity contribution < 1.29 is 19.4 Å². The highest BCUT2D eigenvalue weighted by Gasteiger charge is 2.27. The Hall–Kier alpha value is -2.77. The first-order valence-electron chi connectivity index (χ1n) is 9.85. The number of carboxylic acid groups (broad SMARTS) is 1. The van der Waals surface area contributed by atoms with Crippen molar-refractivity contribution in [2.75, 3.05) is 50.1 Å². The quantitative estimate of drug-likeness (QED) is 0.668. The largest absolute Gasteiger partial charge is 0.495 e. The number of halogens is 1. The molecule has 1 amide bonds. The number of anilines is 2. The van der Waals surface area contributed by atoms with Crippen LogP contribution in [0.4, 0.5) is 11.4 Å². The summed E-state index contributed by atoms with van der Waals surface area (Å²) in [4.78, 5) is 28.4. The van der Waals surface area contributed by atoms with Crippen LogP contribution in [0.25, 0.3) is 0 Å². The Morgan fingerprint density at radius 3 is 2.40 bits per heavy atom. The van der Waals surface area contributed by atoms with Gasteiger partial charge in [-0.05, 0) is 36.4 Å². The van der Waals surface area contributed by atoms with E-state index in [0.29, 0.717) is 17.3 Å². The van der Waals surface area contributed by atoms with E-state index >= 15 is 0 Å². The lowest BCUT2D eigenvalue weighted by molar-refractivity contribution is -0.144. The van der Waals surface area contributed by atoms with E-state index in [2.05, 4.69) is 15.1 Å². The lowest BCUT2D eigenvalue weighted by atomic mass is 10.0. The summed E-state index contributed by atoms with van der Waals surface area (Å²) in [5.41, 5.74) is 1.63. The number of nitrogens with zero attached hydrogens (tertiary/aromatic N) is 2. The molecule has 30 heavy (non-hydrogen) atoms. The molecule has 7 nitrogen and oxygen atoms in total. The van der Waals surface area contributed by atoms with Crippen molar-refractivity contribution in [3.63, 3.8) is 0 Å². The molecule has 1 atom stereocenters. The van der Waals surface area contributed by atoms with Gasteiger partial charge in [0.15, 0.2) is 0 Å². The highest BCUT2D eigenvalue weighted by molar-refractivity contribution is 6.30. The molecule has 160 valence electrons. The fourth-order valence-electron chi connectivity index (χ4n) is 3.57. The Labute approximate surface area is 181 Å². The number of piperazine rings is 1. The number of para-hydroxylation sites is 2. The summed E-state index contributed by atoms with van der Waals surface area (Å²) in [6, 6.07) is 14.6. The summed E-state index contributed by atoms with van der Waals surface area (Å²) in [6.07, 6.45) is -0.0787. The maximum Gasteiger partial charge on any atom is 0.308 e. The molecule has 1 aliphatic rings. The molecule has 0 radical (unpaired) electrons. The number of amides is 1. The average Bonchev–Trinajstić information content (AvgIpc) is 2.75. The minimum Gasteiger partial charge on any atom is -0.495 e. The van der Waals surface area contributed by atoms with Crippen molar-refractivity contribution >= 4 is 34.9 Å². The Balaban J connectivity index is 1.53. The molecule has 3 rings (SSSR count). The van der Waals surface area contributed by atoms with Gasteiger partial charge < -0.3 is 20.1 Å². The van der Waals surface area contributed by atoms with E-state index in [-0.39, 0.29) is 12.3 Å². The van der Waals surface area contributed by atoms with Crippen molar-refractivity contribution in [2.24, 2.45) is 5.92 Å². The molecule has 1 aliphatic heterocycles. The molecular weight excluding hydrogens is 406 g/mol. The van der Waals surface area contributed by atoms with Gasteiger partial charge in [0.1, 0.15) is 5.75 Å². The van der Waals surface area contributed by atoms with Gasteiger partial charge in [-0.3, -0.25) is 14.5 Å². The molecule has 0 spiro atoms. The van der Waals surface area contributed by atoms with Crippen molar-refractivity contribution in [1.82, 2.24) is 4.90 Å². The SMILES string of the molecule is COc1ccccc1N1CCN(C[C@@H](CC(=O)Nc2ccc(Cl)cc2)C(=O)O)CC1. The average molecular weight is 432 g/mol. The fourth-order valence-corrected chi connectivity index (χ4v) is 3.70. The van der Waals surface area contributed by atoms with Crippen LogP contribution in [0.1, 0.15) is 6.42 Å². The van der Waals surface area contributed by atoms with Crippen LogP contribution in [0.5, 0.6) is 5.75 Å². The first kappa shape index (κ1) is 21.9. The lowest BCUT2D eigenvalue weighted by Crippen LogP contribution is -2.49. The summed E-state index contributed by atoms with van der Waals surface area (Å²) in [7, 11) is 1.65. The van der Waals surface area contributed by atoms with Gasteiger partial charge >= 0.3 is 5.97 Å². The highest BCUT2D eigenvalue weighted by atomic mass is 35.5. The Bertz CT molecular complexity index is 867. The number of aliphatic carboxylic acids is 1. The number of methoxy groups -OCH3 is 1. The first-order valence-corrected chi connectivity index (χ1v) is 10.2. The van der Waals surface area contributed by atoms with E-state index in [9.17, 15) is 14.7 Å². The summed E-state index contributed by atoms with van der Waals surface area (Å²) in [5.74, 6) is -1.23. The van der Waals surface area contributed by atoms with Gasteiger partial charge in [0.2, 0.25) is 5.91 Å². The van der Waals surface area contributed by atoms with Gasteiger partial charge in [0.05, 0.1) is 18.7 Å². The molecular formula is C22H26ClN3O4. The standard InChI is InChI=1S/C22H26ClN3O4/c1-30-20-5-3-2-4-19(20)26-12-10-25(11-13-26)15-16(22(28)29)14-21(27)24-18-8-6-17(23)7-9-18/h2-9,16H,10-15H2,1H3,(H,24,27)(H,28,29)/t16-/m1/s1. The molecule has 0 aromatic heterocycles. The molecule has 0 bridgehead atoms. The second kappa shape index (κ2) is 10.3. The molecule has 0 saturated carbocycles. The van der Waals surface area contributed by atoms with E-state index < -0.39 is 11.9 Å². The molecule has 2 aromatic carbocycles. The van der Waals surface area contributed by atoms with E-state index in [1.54, 1.807) is 31.4 Å². The summed E-state index contributed by atoms with van der Waals surface area (Å²) < 4.78 is 5.44. The minimum atomic E-state index is -0.964. The maximum atomic E-state index is 12.3. The number of benzene rings is 2. The number of carbonyl (C=O) groups excluding carboxylic acids is 1. The zero-order valence-electron chi connectivity index (χ0n) is 16.9. The van der Waals surface area contributed by atoms with E-state index in [0.717, 1.165) is 37.6 Å². The first-order chi connectivity index (χ1) is 14.5. The smallest absolute Gasteiger partial charge is 0.308 e. The highest BCUT2D eigenvalue weighted by Crippen LogP contribution is 2.28. The van der Waals surface area contributed by atoms with Crippen LogP contribution < -0.4 is 15.0 Å². The number of hydrogen-bond donors (Lipinski definition) is 2. The lowest BCUT2D eigenvalue weighted by Gasteiger charge is -2.37. The van der Waals surface area contributed by atoms with E-state index in [4.69, 9.17) is 16.3 Å². The van der Waals surface area contributed by atoms with Crippen LogP contribution in [0.15, 0.2) is 48.5 Å². The number of carbonyl (C=O) groups is 2. The predicted octanol–water partition coefficient (Wildman–Crippen LogP) is 3.20. The molecule has 2 aromatic rings. The number of ether oxygens (including phenoxy) is 1.